The Morgan fingerprint density at radius 2 is 2.04 bits per heavy atom. The van der Waals surface area contributed by atoms with Crippen LogP contribution in [0.5, 0.6) is 0 Å². The van der Waals surface area contributed by atoms with Crippen LogP contribution in [0, 0.1) is 29.9 Å². The highest BCUT2D eigenvalue weighted by atomic mass is 16.6. The number of likely N-dealkylation sites (tertiary alicyclic amines) is 1. The molecular formula is C16H16N4O5. The Morgan fingerprint density at radius 3 is 2.60 bits per heavy atom. The van der Waals surface area contributed by atoms with Gasteiger partial charge < -0.3 is 14.7 Å². The van der Waals surface area contributed by atoms with Gasteiger partial charge in [0.1, 0.15) is 5.76 Å². The lowest BCUT2D eigenvalue weighted by Crippen LogP contribution is -2.54. The van der Waals surface area contributed by atoms with Gasteiger partial charge in [0, 0.05) is 37.0 Å². The molecule has 2 heterocycles. The monoisotopic (exact) mass is 344 g/mol. The van der Waals surface area contributed by atoms with Crippen LogP contribution < -0.4 is 5.32 Å². The molecule has 2 aromatic rings. The predicted octanol–water partition coefficient (Wildman–Crippen LogP) is 1.91. The van der Waals surface area contributed by atoms with Crippen molar-refractivity contribution in [3.05, 3.63) is 51.4 Å². The highest BCUT2D eigenvalue weighted by Crippen LogP contribution is 2.24. The van der Waals surface area contributed by atoms with Crippen molar-refractivity contribution in [1.82, 2.24) is 10.1 Å². The molecule has 1 saturated heterocycles. The molecule has 1 aliphatic heterocycles. The zero-order chi connectivity index (χ0) is 18.1. The van der Waals surface area contributed by atoms with Gasteiger partial charge in [-0.15, -0.1) is 0 Å². The van der Waals surface area contributed by atoms with Gasteiger partial charge in [0.05, 0.1) is 10.8 Å². The Hall–Kier alpha value is -3.23. The third-order valence-corrected chi connectivity index (χ3v) is 4.07. The Bertz CT molecular complexity index is 854. The molecule has 130 valence electrons. The van der Waals surface area contributed by atoms with E-state index >= 15 is 0 Å². The van der Waals surface area contributed by atoms with Gasteiger partial charge in [0.2, 0.25) is 5.91 Å². The van der Waals surface area contributed by atoms with Crippen molar-refractivity contribution in [2.75, 3.05) is 18.4 Å². The number of hydrogen-bond donors (Lipinski definition) is 1. The Labute approximate surface area is 142 Å². The highest BCUT2D eigenvalue weighted by molar-refractivity contribution is 5.98. The number of carbonyl (C=O) groups is 2. The lowest BCUT2D eigenvalue weighted by molar-refractivity contribution is -0.384. The van der Waals surface area contributed by atoms with Crippen LogP contribution in [0.3, 0.4) is 0 Å². The minimum Gasteiger partial charge on any atom is -0.361 e. The molecule has 0 saturated carbocycles. The molecule has 1 aromatic heterocycles. The van der Waals surface area contributed by atoms with Crippen LogP contribution in [0.1, 0.15) is 21.8 Å². The summed E-state index contributed by atoms with van der Waals surface area (Å²) in [7, 11) is 0. The summed E-state index contributed by atoms with van der Waals surface area (Å²) in [6, 6.07) is 5.80. The molecule has 0 bridgehead atoms. The minimum absolute atomic E-state index is 0.0289. The summed E-state index contributed by atoms with van der Waals surface area (Å²) in [4.78, 5) is 36.2. The van der Waals surface area contributed by atoms with Gasteiger partial charge in [0.15, 0.2) is 5.69 Å². The van der Waals surface area contributed by atoms with E-state index in [1.165, 1.54) is 23.1 Å². The van der Waals surface area contributed by atoms with Crippen molar-refractivity contribution in [2.24, 2.45) is 5.92 Å². The normalized spacial score (nSPS) is 14.1. The maximum atomic E-state index is 12.3. The summed E-state index contributed by atoms with van der Waals surface area (Å²) >= 11 is 0. The van der Waals surface area contributed by atoms with Crippen molar-refractivity contribution in [3.8, 4) is 0 Å². The highest BCUT2D eigenvalue weighted by Gasteiger charge is 2.37. The number of carbonyl (C=O) groups excluding carboxylic acids is 2. The molecule has 1 fully saturated rings. The third-order valence-electron chi connectivity index (χ3n) is 4.07. The molecule has 0 radical (unpaired) electrons. The average molecular weight is 344 g/mol. The van der Waals surface area contributed by atoms with E-state index in [1.54, 1.807) is 19.9 Å². The van der Waals surface area contributed by atoms with Crippen LogP contribution in [-0.4, -0.2) is 39.9 Å². The topological polar surface area (TPSA) is 119 Å². The van der Waals surface area contributed by atoms with Gasteiger partial charge in [-0.25, -0.2) is 0 Å². The zero-order valence-electron chi connectivity index (χ0n) is 13.7. The number of anilines is 1. The van der Waals surface area contributed by atoms with Crippen molar-refractivity contribution >= 4 is 23.2 Å². The van der Waals surface area contributed by atoms with Crippen LogP contribution in [0.2, 0.25) is 0 Å². The summed E-state index contributed by atoms with van der Waals surface area (Å²) in [6.45, 7) is 3.97. The fraction of sp³-hybridized carbons (Fsp3) is 0.312. The summed E-state index contributed by atoms with van der Waals surface area (Å²) in [5.41, 5.74) is 1.32. The second-order valence-electron chi connectivity index (χ2n) is 5.98. The Balaban J connectivity index is 1.57. The van der Waals surface area contributed by atoms with E-state index in [4.69, 9.17) is 4.52 Å². The van der Waals surface area contributed by atoms with Gasteiger partial charge in [-0.1, -0.05) is 5.16 Å². The predicted molar refractivity (Wildman–Crippen MR) is 87.1 cm³/mol. The van der Waals surface area contributed by atoms with E-state index in [0.29, 0.717) is 30.1 Å². The SMILES string of the molecule is Cc1cc(C(=O)N2CC(C(=O)Nc3ccc([N+](=O)[O-])cc3C)C2)no1. The standard InChI is InChI=1S/C16H16N4O5/c1-9-5-12(20(23)24)3-4-13(9)17-15(21)11-7-19(8-11)16(22)14-6-10(2)25-18-14/h3-6,11H,7-8H2,1-2H3,(H,17,21). The van der Waals surface area contributed by atoms with Crippen LogP contribution in [0.25, 0.3) is 0 Å². The molecular weight excluding hydrogens is 328 g/mol. The van der Waals surface area contributed by atoms with Gasteiger partial charge in [-0.2, -0.15) is 0 Å². The fourth-order valence-corrected chi connectivity index (χ4v) is 2.58. The molecule has 25 heavy (non-hydrogen) atoms. The number of nitro benzene ring substituents is 1. The molecule has 2 amide bonds. The first kappa shape index (κ1) is 16.6. The number of aromatic nitrogens is 1. The molecule has 1 N–H and O–H groups in total. The quantitative estimate of drug-likeness (QED) is 0.668. The lowest BCUT2D eigenvalue weighted by atomic mass is 9.98. The summed E-state index contributed by atoms with van der Waals surface area (Å²) in [5.74, 6) is -0.275. The molecule has 3 rings (SSSR count). The number of rotatable bonds is 4. The molecule has 0 spiro atoms. The number of amides is 2. The van der Waals surface area contributed by atoms with E-state index in [2.05, 4.69) is 10.5 Å². The van der Waals surface area contributed by atoms with E-state index in [-0.39, 0.29) is 29.1 Å². The number of nitrogens with one attached hydrogen (secondary N) is 1. The molecule has 9 nitrogen and oxygen atoms in total. The summed E-state index contributed by atoms with van der Waals surface area (Å²) in [5, 5.41) is 17.2. The van der Waals surface area contributed by atoms with Crippen molar-refractivity contribution < 1.29 is 19.0 Å². The maximum Gasteiger partial charge on any atom is 0.276 e. The zero-order valence-corrected chi connectivity index (χ0v) is 13.7. The van der Waals surface area contributed by atoms with Crippen molar-refractivity contribution in [2.45, 2.75) is 13.8 Å². The first-order chi connectivity index (χ1) is 11.8. The van der Waals surface area contributed by atoms with Gasteiger partial charge in [-0.05, 0) is 25.5 Å². The summed E-state index contributed by atoms with van der Waals surface area (Å²) in [6.07, 6.45) is 0. The number of hydrogen-bond acceptors (Lipinski definition) is 6. The number of non-ortho nitro benzene ring substituents is 1. The number of aryl methyl sites for hydroxylation is 2. The van der Waals surface area contributed by atoms with Crippen LogP contribution in [0.15, 0.2) is 28.8 Å². The average Bonchev–Trinajstić information content (AvgIpc) is 2.94. The van der Waals surface area contributed by atoms with Gasteiger partial charge in [-0.3, -0.25) is 19.7 Å². The second kappa shape index (κ2) is 6.34. The summed E-state index contributed by atoms with van der Waals surface area (Å²) < 4.78 is 4.87. The van der Waals surface area contributed by atoms with E-state index in [0.717, 1.165) is 0 Å². The largest absolute Gasteiger partial charge is 0.361 e. The number of benzene rings is 1. The minimum atomic E-state index is -0.486. The molecule has 0 atom stereocenters. The first-order valence-electron chi connectivity index (χ1n) is 7.63. The lowest BCUT2D eigenvalue weighted by Gasteiger charge is -2.37. The first-order valence-corrected chi connectivity index (χ1v) is 7.63. The van der Waals surface area contributed by atoms with Crippen molar-refractivity contribution in [1.29, 1.82) is 0 Å². The smallest absolute Gasteiger partial charge is 0.276 e. The van der Waals surface area contributed by atoms with E-state index < -0.39 is 4.92 Å². The molecule has 9 heteroatoms. The van der Waals surface area contributed by atoms with Crippen LogP contribution in [-0.2, 0) is 4.79 Å². The third kappa shape index (κ3) is 3.35. The Kier molecular flexibility index (Phi) is 4.22. The van der Waals surface area contributed by atoms with Gasteiger partial charge in [0.25, 0.3) is 11.6 Å². The number of nitrogens with zero attached hydrogens (tertiary/aromatic N) is 3. The van der Waals surface area contributed by atoms with Crippen LogP contribution in [0.4, 0.5) is 11.4 Å². The van der Waals surface area contributed by atoms with Crippen molar-refractivity contribution in [3.63, 3.8) is 0 Å². The molecule has 0 unspecified atom stereocenters. The van der Waals surface area contributed by atoms with E-state index in [9.17, 15) is 19.7 Å². The fourth-order valence-electron chi connectivity index (χ4n) is 2.58. The van der Waals surface area contributed by atoms with Gasteiger partial charge >= 0.3 is 0 Å². The molecule has 1 aromatic carbocycles. The second-order valence-corrected chi connectivity index (χ2v) is 5.98. The molecule has 1 aliphatic rings. The maximum absolute atomic E-state index is 12.3. The van der Waals surface area contributed by atoms with E-state index in [1.807, 2.05) is 0 Å². The number of nitro groups is 1. The molecule has 0 aliphatic carbocycles. The Morgan fingerprint density at radius 1 is 1.32 bits per heavy atom. The van der Waals surface area contributed by atoms with Crippen LogP contribution >= 0.6 is 0 Å².